The highest BCUT2D eigenvalue weighted by Crippen LogP contribution is 2.24. The van der Waals surface area contributed by atoms with Gasteiger partial charge in [0.15, 0.2) is 0 Å². The van der Waals surface area contributed by atoms with Gasteiger partial charge in [0.05, 0.1) is 23.4 Å². The molecule has 0 fully saturated rings. The Bertz CT molecular complexity index is 620. The molecular weight excluding hydrogens is 272 g/mol. The van der Waals surface area contributed by atoms with E-state index in [4.69, 9.17) is 4.42 Å². The number of likely N-dealkylation sites (N-methyl/N-ethyl adjacent to an activating group) is 1. The molecule has 2 aliphatic heterocycles. The average Bonchev–Trinajstić information content (AvgIpc) is 3.03. The molecule has 0 saturated heterocycles. The van der Waals surface area contributed by atoms with Gasteiger partial charge in [0, 0.05) is 37.5 Å². The fourth-order valence-electron chi connectivity index (χ4n) is 2.95. The Hall–Kier alpha value is -1.24. The van der Waals surface area contributed by atoms with Crippen molar-refractivity contribution >= 4 is 11.3 Å². The third kappa shape index (κ3) is 2.28. The minimum absolute atomic E-state index is 0.799. The zero-order valence-electron chi connectivity index (χ0n) is 11.6. The minimum Gasteiger partial charge on any atom is -0.444 e. The van der Waals surface area contributed by atoms with Crippen molar-refractivity contribution in [1.29, 1.82) is 0 Å². The van der Waals surface area contributed by atoms with Crippen molar-refractivity contribution in [2.75, 3.05) is 20.1 Å². The van der Waals surface area contributed by atoms with E-state index in [9.17, 15) is 0 Å². The molecule has 4 heterocycles. The lowest BCUT2D eigenvalue weighted by atomic mass is 10.2. The second-order valence-corrected chi connectivity index (χ2v) is 6.59. The van der Waals surface area contributed by atoms with E-state index in [0.29, 0.717) is 0 Å². The summed E-state index contributed by atoms with van der Waals surface area (Å²) in [7, 11) is 2.13. The van der Waals surface area contributed by atoms with E-state index in [1.54, 1.807) is 11.3 Å². The van der Waals surface area contributed by atoms with Crippen molar-refractivity contribution in [2.45, 2.75) is 32.5 Å². The molecule has 0 bridgehead atoms. The number of aromatic nitrogens is 2. The van der Waals surface area contributed by atoms with Crippen molar-refractivity contribution in [3.8, 4) is 0 Å². The summed E-state index contributed by atoms with van der Waals surface area (Å²) in [6.45, 7) is 4.77. The fraction of sp³-hybridized carbons (Fsp3) is 0.571. The lowest BCUT2D eigenvalue weighted by Crippen LogP contribution is -2.29. The second kappa shape index (κ2) is 4.95. The van der Waals surface area contributed by atoms with Gasteiger partial charge < -0.3 is 4.42 Å². The molecule has 0 spiro atoms. The summed E-state index contributed by atoms with van der Waals surface area (Å²) < 4.78 is 5.93. The maximum absolute atomic E-state index is 5.93. The van der Waals surface area contributed by atoms with Gasteiger partial charge in [-0.25, -0.2) is 9.97 Å². The molecule has 6 heteroatoms. The molecule has 0 amide bonds. The Kier molecular flexibility index (Phi) is 3.09. The summed E-state index contributed by atoms with van der Waals surface area (Å²) in [6, 6.07) is 0. The smallest absolute Gasteiger partial charge is 0.208 e. The van der Waals surface area contributed by atoms with Crippen molar-refractivity contribution in [3.05, 3.63) is 33.4 Å². The summed E-state index contributed by atoms with van der Waals surface area (Å²) in [5.41, 5.74) is 4.31. The minimum atomic E-state index is 0.799. The summed E-state index contributed by atoms with van der Waals surface area (Å²) in [6.07, 6.45) is 2.08. The van der Waals surface area contributed by atoms with Crippen LogP contribution >= 0.6 is 11.3 Å². The molecular formula is C14H18N4OS. The largest absolute Gasteiger partial charge is 0.444 e. The van der Waals surface area contributed by atoms with Crippen LogP contribution in [0, 0.1) is 0 Å². The monoisotopic (exact) mass is 290 g/mol. The number of oxazole rings is 1. The third-order valence-corrected chi connectivity index (χ3v) is 5.01. The van der Waals surface area contributed by atoms with Crippen LogP contribution in [0.4, 0.5) is 0 Å². The molecule has 0 atom stereocenters. The summed E-state index contributed by atoms with van der Waals surface area (Å²) in [4.78, 5) is 15.2. The Morgan fingerprint density at radius 3 is 3.15 bits per heavy atom. The van der Waals surface area contributed by atoms with Gasteiger partial charge in [-0.2, -0.15) is 0 Å². The van der Waals surface area contributed by atoms with Gasteiger partial charge in [-0.05, 0) is 13.5 Å². The number of nitrogens with zero attached hydrogens (tertiary/aromatic N) is 4. The molecule has 5 nitrogen and oxygen atoms in total. The van der Waals surface area contributed by atoms with Gasteiger partial charge in [-0.15, -0.1) is 11.3 Å². The van der Waals surface area contributed by atoms with Crippen LogP contribution in [0.2, 0.25) is 0 Å². The van der Waals surface area contributed by atoms with Crippen LogP contribution in [-0.4, -0.2) is 39.9 Å². The Morgan fingerprint density at radius 2 is 2.20 bits per heavy atom. The van der Waals surface area contributed by atoms with Crippen LogP contribution in [0.5, 0.6) is 0 Å². The Balaban J connectivity index is 1.48. The molecule has 0 N–H and O–H groups in total. The Labute approximate surface area is 122 Å². The van der Waals surface area contributed by atoms with Gasteiger partial charge in [0.1, 0.15) is 5.76 Å². The first-order valence-electron chi connectivity index (χ1n) is 7.07. The molecule has 0 unspecified atom stereocenters. The number of rotatable bonds is 2. The number of hydrogen-bond donors (Lipinski definition) is 0. The number of fused-ring (bicyclic) bond motifs is 2. The molecule has 0 saturated carbocycles. The third-order valence-electron chi connectivity index (χ3n) is 4.08. The summed E-state index contributed by atoms with van der Waals surface area (Å²) in [5.74, 6) is 1.95. The van der Waals surface area contributed by atoms with Crippen molar-refractivity contribution in [1.82, 2.24) is 19.8 Å². The molecule has 20 heavy (non-hydrogen) atoms. The van der Waals surface area contributed by atoms with Crippen molar-refractivity contribution < 1.29 is 4.42 Å². The topological polar surface area (TPSA) is 45.4 Å². The van der Waals surface area contributed by atoms with Crippen molar-refractivity contribution in [3.63, 3.8) is 0 Å². The van der Waals surface area contributed by atoms with Gasteiger partial charge >= 0.3 is 0 Å². The normalized spacial score (nSPS) is 19.9. The van der Waals surface area contributed by atoms with E-state index in [-0.39, 0.29) is 0 Å². The first kappa shape index (κ1) is 12.5. The molecule has 4 rings (SSSR count). The van der Waals surface area contributed by atoms with Crippen LogP contribution in [0.3, 0.4) is 0 Å². The first-order valence-corrected chi connectivity index (χ1v) is 7.95. The van der Waals surface area contributed by atoms with Crippen molar-refractivity contribution in [2.24, 2.45) is 0 Å². The molecule has 0 radical (unpaired) electrons. The van der Waals surface area contributed by atoms with E-state index >= 15 is 0 Å². The molecule has 2 aromatic rings. The molecule has 106 valence electrons. The quantitative estimate of drug-likeness (QED) is 0.842. The van der Waals surface area contributed by atoms with Crippen LogP contribution in [0.1, 0.15) is 27.9 Å². The molecule has 2 aliphatic rings. The van der Waals surface area contributed by atoms with Gasteiger partial charge in [0.2, 0.25) is 5.89 Å². The summed E-state index contributed by atoms with van der Waals surface area (Å²) >= 11 is 1.77. The Morgan fingerprint density at radius 1 is 1.25 bits per heavy atom. The van der Waals surface area contributed by atoms with Crippen LogP contribution in [-0.2, 0) is 32.5 Å². The highest BCUT2D eigenvalue weighted by atomic mass is 32.1. The predicted molar refractivity (Wildman–Crippen MR) is 76.5 cm³/mol. The lowest BCUT2D eigenvalue weighted by Gasteiger charge is -2.24. The van der Waals surface area contributed by atoms with E-state index in [0.717, 1.165) is 62.9 Å². The standard InChI is InChI=1S/C14H18N4OS/c1-17-4-2-12-10(6-17)16-14(19-12)8-18-5-3-13-11(7-18)15-9-20-13/h9H,2-8H2,1H3. The van der Waals surface area contributed by atoms with E-state index in [2.05, 4.69) is 26.8 Å². The zero-order chi connectivity index (χ0) is 13.5. The van der Waals surface area contributed by atoms with E-state index in [1.165, 1.54) is 10.6 Å². The van der Waals surface area contributed by atoms with E-state index < -0.39 is 0 Å². The highest BCUT2D eigenvalue weighted by molar-refractivity contribution is 7.09. The molecule has 0 aliphatic carbocycles. The van der Waals surface area contributed by atoms with Crippen LogP contribution in [0.15, 0.2) is 9.93 Å². The SMILES string of the molecule is CN1CCc2oc(CN3CCc4scnc4C3)nc2C1. The van der Waals surface area contributed by atoms with E-state index in [1.807, 2.05) is 5.51 Å². The average molecular weight is 290 g/mol. The van der Waals surface area contributed by atoms with Gasteiger partial charge in [-0.1, -0.05) is 0 Å². The molecule has 0 aromatic carbocycles. The predicted octanol–water partition coefficient (Wildman–Crippen LogP) is 1.68. The zero-order valence-corrected chi connectivity index (χ0v) is 12.4. The van der Waals surface area contributed by atoms with Crippen LogP contribution in [0.25, 0.3) is 0 Å². The maximum atomic E-state index is 5.93. The fourth-order valence-corrected chi connectivity index (χ4v) is 3.72. The first-order chi connectivity index (χ1) is 9.78. The highest BCUT2D eigenvalue weighted by Gasteiger charge is 2.23. The number of thiazole rings is 1. The lowest BCUT2D eigenvalue weighted by molar-refractivity contribution is 0.216. The maximum Gasteiger partial charge on any atom is 0.208 e. The number of hydrogen-bond acceptors (Lipinski definition) is 6. The molecule has 2 aromatic heterocycles. The summed E-state index contributed by atoms with van der Waals surface area (Å²) in [5, 5.41) is 0. The van der Waals surface area contributed by atoms with Crippen LogP contribution < -0.4 is 0 Å². The van der Waals surface area contributed by atoms with Gasteiger partial charge in [0.25, 0.3) is 0 Å². The second-order valence-electron chi connectivity index (χ2n) is 5.65. The van der Waals surface area contributed by atoms with Gasteiger partial charge in [-0.3, -0.25) is 9.80 Å².